The predicted molar refractivity (Wildman–Crippen MR) is 490 cm³/mol. The van der Waals surface area contributed by atoms with Crippen LogP contribution >= 0.6 is 0 Å². The predicted octanol–water partition coefficient (Wildman–Crippen LogP) is 28.3. The maximum Gasteiger partial charge on any atom is 0.216 e. The molecule has 8 nitrogen and oxygen atoms in total. The minimum Gasteiger partial charge on any atom is -0.455 e. The number of fused-ring (bicyclic) bond motifs is 16. The van der Waals surface area contributed by atoms with Gasteiger partial charge in [0.05, 0.1) is 22.3 Å². The Balaban J connectivity index is 0.000000107. The Labute approximate surface area is 695 Å². The molecule has 0 radical (unpaired) electrons. The van der Waals surface area contributed by atoms with E-state index in [0.717, 1.165) is 179 Å². The molecule has 0 N–H and O–H groups in total. The minimum atomic E-state index is -0.628. The first-order valence-electron chi connectivity index (χ1n) is 43.6. The van der Waals surface area contributed by atoms with Gasteiger partial charge in [0.25, 0.3) is 0 Å². The maximum atomic E-state index is 9.02. The van der Waals surface area contributed by atoms with Gasteiger partial charge in [0.15, 0.2) is 24.8 Å². The molecule has 0 saturated heterocycles. The quantitative estimate of drug-likeness (QED) is 0.149. The van der Waals surface area contributed by atoms with Crippen molar-refractivity contribution < 1.29 is 40.0 Å². The van der Waals surface area contributed by atoms with E-state index < -0.39 is 17.7 Å². The van der Waals surface area contributed by atoms with Crippen LogP contribution in [0.1, 0.15) is 159 Å². The van der Waals surface area contributed by atoms with Crippen molar-refractivity contribution in [2.45, 2.75) is 143 Å². The highest BCUT2D eigenvalue weighted by molar-refractivity contribution is 6.17. The maximum absolute atomic E-state index is 9.02. The van der Waals surface area contributed by atoms with Gasteiger partial charge in [-0.1, -0.05) is 212 Å². The molecular formula is C110H104N4O4+4. The molecule has 2 aliphatic carbocycles. The number of hydrogen-bond donors (Lipinski definition) is 0. The highest BCUT2D eigenvalue weighted by atomic mass is 16.3. The molecule has 0 amide bonds. The Morgan fingerprint density at radius 2 is 0.585 bits per heavy atom. The molecule has 0 unspecified atom stereocenters. The molecule has 12 aromatic carbocycles. The van der Waals surface area contributed by atoms with Crippen molar-refractivity contribution in [3.8, 4) is 45.0 Å². The normalized spacial score (nSPS) is 14.7. The largest absolute Gasteiger partial charge is 0.455 e. The number of benzene rings is 12. The topological polar surface area (TPSA) is 68.1 Å². The summed E-state index contributed by atoms with van der Waals surface area (Å²) in [7, 11) is 8.35. The van der Waals surface area contributed by atoms with Gasteiger partial charge in [0.2, 0.25) is 22.8 Å². The number of furan rings is 4. The van der Waals surface area contributed by atoms with Crippen molar-refractivity contribution in [1.82, 2.24) is 0 Å². The van der Waals surface area contributed by atoms with E-state index in [4.69, 9.17) is 21.8 Å². The number of aryl methyl sites for hydroxylation is 8. The molecule has 118 heavy (non-hydrogen) atoms. The van der Waals surface area contributed by atoms with E-state index >= 15 is 0 Å². The zero-order chi connectivity index (χ0) is 83.7. The number of pyridine rings is 4. The van der Waals surface area contributed by atoms with Gasteiger partial charge >= 0.3 is 0 Å². The average Bonchev–Trinajstić information content (AvgIpc) is 1.60. The van der Waals surface area contributed by atoms with Gasteiger partial charge in [-0.15, -0.1) is 0 Å². The smallest absolute Gasteiger partial charge is 0.216 e. The number of aromatic nitrogens is 4. The second-order valence-electron chi connectivity index (χ2n) is 34.6. The molecular weight excluding hydrogens is 1440 g/mol. The standard InChI is InChI=1S/C29H28NO.C28H26NO.C27H26NO.C26H24NO/c1-19-12-14-24-25-16-21-10-6-7-11-22(21)17-27(25)31-29(24)28(19)26-15-13-23(18-30(26)2)20-8-4-3-5-9-20;1-18-11-13-23-24-15-20-9-5-6-10-21(20)16-26(24)30-28(23)27(18)25-14-12-22(17-29(25)2)19-7-3-4-8-19;1-17-10-12-21-22-14-18-8-6-7-9-19(18)15-24(22)29-26(21)25(17)23-13-11-20(16-28(23)5)27(2,3)4;1-16(2)20-10-12-23(27(4)15-20)25-17(3)9-11-21-22-13-18-7-5-6-8-19(18)14-24(22)28-26(21)25/h6-7,10-18,20H,3-5,8-9H2,1-2H3;5-6,9-17,19H,3-4,7-8H2,1-2H3;6-16H,1-5H3;5-16H,1-4H3/q4*+1/i20D;19D;;16D. The molecule has 2 aliphatic rings. The zero-order valence-electron chi connectivity index (χ0n) is 73.2. The van der Waals surface area contributed by atoms with Crippen molar-refractivity contribution in [1.29, 1.82) is 0 Å². The third-order valence-electron chi connectivity index (χ3n) is 25.3. The number of hydrogen-bond acceptors (Lipinski definition) is 4. The third-order valence-corrected chi connectivity index (χ3v) is 25.3. The van der Waals surface area contributed by atoms with Gasteiger partial charge in [-0.2, -0.15) is 0 Å². The highest BCUT2D eigenvalue weighted by Gasteiger charge is 2.30. The lowest BCUT2D eigenvalue weighted by Gasteiger charge is -2.21. The Hall–Kier alpha value is -12.5. The van der Waals surface area contributed by atoms with Crippen LogP contribution in [0.3, 0.4) is 0 Å². The van der Waals surface area contributed by atoms with Crippen molar-refractivity contribution in [2.24, 2.45) is 28.2 Å². The van der Waals surface area contributed by atoms with Gasteiger partial charge < -0.3 is 17.7 Å². The van der Waals surface area contributed by atoms with E-state index in [1.165, 1.54) is 99.4 Å². The summed E-state index contributed by atoms with van der Waals surface area (Å²) in [5.41, 5.74) is 26.0. The SMILES string of the molecule is Cc1ccc2c(oc3cc4ccccc4cc32)c1-c1ccc(C(C)(C)C)c[n+]1C.[2H]C(C)(C)c1ccc(-c2c(C)ccc3c2oc2cc4ccccc4cc23)[n+](C)c1.[2H]C1(c2ccc(-c3c(C)ccc4c3oc3cc5ccccc5cc34)[n+](C)c2)CCCC1.[2H]C1(c2ccc(-c3c(C)ccc4c3oc3cc5ccccc5cc34)[n+](C)c2)CCCCC1. The van der Waals surface area contributed by atoms with Gasteiger partial charge in [-0.25, -0.2) is 18.3 Å². The van der Waals surface area contributed by atoms with Crippen molar-refractivity contribution >= 4 is 131 Å². The molecule has 22 rings (SSSR count). The number of rotatable bonds is 7. The lowest BCUT2D eigenvalue weighted by molar-refractivity contribution is -0.661. The Kier molecular flexibility index (Phi) is 18.6. The molecule has 0 aliphatic heterocycles. The van der Waals surface area contributed by atoms with Crippen LogP contribution in [0.25, 0.3) is 176 Å². The Morgan fingerprint density at radius 1 is 0.314 bits per heavy atom. The fraction of sp³-hybridized carbons (Fsp3) is 0.236. The van der Waals surface area contributed by atoms with Crippen LogP contribution in [0.4, 0.5) is 0 Å². The molecule has 8 aromatic heterocycles. The van der Waals surface area contributed by atoms with Crippen LogP contribution in [-0.2, 0) is 33.6 Å². The van der Waals surface area contributed by atoms with Gasteiger partial charge in [-0.05, 0) is 215 Å². The van der Waals surface area contributed by atoms with Crippen LogP contribution in [0.5, 0.6) is 0 Å². The fourth-order valence-corrected chi connectivity index (χ4v) is 18.8. The first kappa shape index (κ1) is 72.0. The van der Waals surface area contributed by atoms with Gasteiger partial charge in [-0.3, -0.25) is 0 Å². The summed E-state index contributed by atoms with van der Waals surface area (Å²) in [5, 5.41) is 18.9. The molecule has 0 atom stereocenters. The summed E-state index contributed by atoms with van der Waals surface area (Å²) in [6.07, 6.45) is 18.3. The number of nitrogens with zero attached hydrogens (tertiary/aromatic N) is 4. The molecule has 584 valence electrons. The molecule has 2 fully saturated rings. The van der Waals surface area contributed by atoms with E-state index in [-0.39, 0.29) is 5.41 Å². The van der Waals surface area contributed by atoms with Crippen LogP contribution in [-0.4, -0.2) is 0 Å². The van der Waals surface area contributed by atoms with Crippen LogP contribution < -0.4 is 18.3 Å². The average molecular weight is 1550 g/mol. The first-order valence-corrected chi connectivity index (χ1v) is 42.1. The van der Waals surface area contributed by atoms with E-state index in [2.05, 4.69) is 355 Å². The minimum absolute atomic E-state index is 0.122. The third kappa shape index (κ3) is 13.8. The molecule has 0 bridgehead atoms. The summed E-state index contributed by atoms with van der Waals surface area (Å²) >= 11 is 0. The van der Waals surface area contributed by atoms with E-state index in [9.17, 15) is 0 Å². The second kappa shape index (κ2) is 30.5. The van der Waals surface area contributed by atoms with E-state index in [1.807, 2.05) is 20.9 Å². The van der Waals surface area contributed by atoms with Crippen LogP contribution in [0.2, 0.25) is 0 Å². The van der Waals surface area contributed by atoms with E-state index in [1.54, 1.807) is 0 Å². The first-order chi connectivity index (χ1) is 58.2. The fourth-order valence-electron chi connectivity index (χ4n) is 18.8. The van der Waals surface area contributed by atoms with Gasteiger partial charge in [0.1, 0.15) is 72.9 Å². The second-order valence-corrected chi connectivity index (χ2v) is 34.6. The lowest BCUT2D eigenvalue weighted by Crippen LogP contribution is -2.33. The lowest BCUT2D eigenvalue weighted by atomic mass is 9.84. The van der Waals surface area contributed by atoms with Crippen LogP contribution in [0.15, 0.2) is 285 Å². The monoisotopic (exact) mass is 1550 g/mol. The summed E-state index contributed by atoms with van der Waals surface area (Å²) in [4.78, 5) is 0. The van der Waals surface area contributed by atoms with Crippen molar-refractivity contribution in [3.05, 3.63) is 312 Å². The zero-order valence-corrected chi connectivity index (χ0v) is 70.2. The summed E-state index contributed by atoms with van der Waals surface area (Å²) < 4.78 is 60.8. The van der Waals surface area contributed by atoms with Gasteiger partial charge in [0, 0.05) is 93.7 Å². The van der Waals surface area contributed by atoms with Crippen molar-refractivity contribution in [2.75, 3.05) is 0 Å². The highest BCUT2D eigenvalue weighted by Crippen LogP contribution is 2.45. The molecule has 2 saturated carbocycles. The van der Waals surface area contributed by atoms with Crippen LogP contribution in [0, 0.1) is 27.7 Å². The summed E-state index contributed by atoms with van der Waals surface area (Å²) in [6, 6.07) is 86.1. The molecule has 20 aromatic rings. The molecule has 8 heterocycles. The summed E-state index contributed by atoms with van der Waals surface area (Å²) in [6.45, 7) is 19.2. The molecule has 8 heteroatoms. The Bertz CT molecular complexity index is 7340. The summed E-state index contributed by atoms with van der Waals surface area (Å²) in [5.74, 6) is -1.51. The Morgan fingerprint density at radius 3 is 0.864 bits per heavy atom. The molecule has 0 spiro atoms. The van der Waals surface area contributed by atoms with E-state index in [0.29, 0.717) is 0 Å². The van der Waals surface area contributed by atoms with Crippen molar-refractivity contribution in [3.63, 3.8) is 0 Å².